The van der Waals surface area contributed by atoms with E-state index in [4.69, 9.17) is 14.2 Å². The first-order chi connectivity index (χ1) is 12.9. The lowest BCUT2D eigenvalue weighted by atomic mass is 10.1. The first-order valence-electron chi connectivity index (χ1n) is 7.78. The molecule has 0 spiro atoms. The molecule has 9 nitrogen and oxygen atoms in total. The number of nitrogens with zero attached hydrogens (tertiary/aromatic N) is 1. The van der Waals surface area contributed by atoms with Gasteiger partial charge in [0.1, 0.15) is 5.56 Å². The minimum Gasteiger partial charge on any atom is -0.493 e. The summed E-state index contributed by atoms with van der Waals surface area (Å²) < 4.78 is 15.1. The number of thiophene rings is 1. The maximum atomic E-state index is 12.4. The van der Waals surface area contributed by atoms with Crippen molar-refractivity contribution >= 4 is 28.9 Å². The summed E-state index contributed by atoms with van der Waals surface area (Å²) in [4.78, 5) is 35.9. The highest BCUT2D eigenvalue weighted by molar-refractivity contribution is 7.09. The van der Waals surface area contributed by atoms with Gasteiger partial charge in [-0.05, 0) is 18.4 Å². The number of nitro benzene ring substituents is 1. The number of benzene rings is 1. The van der Waals surface area contributed by atoms with Crippen LogP contribution in [0.1, 0.15) is 22.2 Å². The molecule has 0 unspecified atom stereocenters. The Kier molecular flexibility index (Phi) is 6.72. The van der Waals surface area contributed by atoms with Gasteiger partial charge in [0.2, 0.25) is 0 Å². The second-order valence-electron chi connectivity index (χ2n) is 5.33. The summed E-state index contributed by atoms with van der Waals surface area (Å²) >= 11 is 1.48. The van der Waals surface area contributed by atoms with Gasteiger partial charge < -0.3 is 19.5 Å². The second-order valence-corrected chi connectivity index (χ2v) is 6.36. The molecule has 1 heterocycles. The number of carbonyl (C=O) groups is 2. The van der Waals surface area contributed by atoms with Crippen LogP contribution in [0.15, 0.2) is 29.6 Å². The van der Waals surface area contributed by atoms with Crippen molar-refractivity contribution in [3.05, 3.63) is 50.2 Å². The molecule has 144 valence electrons. The highest BCUT2D eigenvalue weighted by Crippen LogP contribution is 2.34. The van der Waals surface area contributed by atoms with E-state index in [0.717, 1.165) is 17.0 Å². The van der Waals surface area contributed by atoms with Crippen molar-refractivity contribution in [2.75, 3.05) is 14.2 Å². The fourth-order valence-corrected chi connectivity index (χ4v) is 2.84. The number of esters is 1. The zero-order valence-corrected chi connectivity index (χ0v) is 15.7. The number of nitrogens with one attached hydrogen (secondary N) is 1. The number of carbonyl (C=O) groups excluding carboxylic acids is 2. The maximum Gasteiger partial charge on any atom is 0.346 e. The Bertz CT molecular complexity index is 836. The average molecular weight is 394 g/mol. The fourth-order valence-electron chi connectivity index (χ4n) is 2.19. The van der Waals surface area contributed by atoms with Gasteiger partial charge in [-0.2, -0.15) is 0 Å². The minimum absolute atomic E-state index is 0.0995. The van der Waals surface area contributed by atoms with Crippen LogP contribution in [0, 0.1) is 10.1 Å². The van der Waals surface area contributed by atoms with Crippen molar-refractivity contribution in [2.45, 2.75) is 19.6 Å². The van der Waals surface area contributed by atoms with E-state index in [2.05, 4.69) is 5.32 Å². The third-order valence-corrected chi connectivity index (χ3v) is 4.46. The molecule has 2 rings (SSSR count). The van der Waals surface area contributed by atoms with E-state index in [-0.39, 0.29) is 17.1 Å². The van der Waals surface area contributed by atoms with Gasteiger partial charge in [0.15, 0.2) is 17.6 Å². The number of nitro groups is 1. The Morgan fingerprint density at radius 1 is 1.26 bits per heavy atom. The standard InChI is InChI=1S/C17H18N2O7S/c1-10(16(20)18-9-11-5-4-6-27-11)26-17(21)12-7-14(24-2)15(25-3)8-13(12)19(22)23/h4-8,10H,9H2,1-3H3,(H,18,20)/t10-/m0/s1. The Balaban J connectivity index is 2.13. The lowest BCUT2D eigenvalue weighted by molar-refractivity contribution is -0.385. The van der Waals surface area contributed by atoms with Crippen molar-refractivity contribution in [3.63, 3.8) is 0 Å². The fraction of sp³-hybridized carbons (Fsp3) is 0.294. The smallest absolute Gasteiger partial charge is 0.346 e. The Morgan fingerprint density at radius 2 is 1.93 bits per heavy atom. The van der Waals surface area contributed by atoms with Crippen LogP contribution in [0.5, 0.6) is 11.5 Å². The largest absolute Gasteiger partial charge is 0.493 e. The maximum absolute atomic E-state index is 12.4. The summed E-state index contributed by atoms with van der Waals surface area (Å²) in [6.07, 6.45) is -1.13. The van der Waals surface area contributed by atoms with Crippen molar-refractivity contribution in [1.82, 2.24) is 5.32 Å². The molecule has 1 atom stereocenters. The van der Waals surface area contributed by atoms with Gasteiger partial charge >= 0.3 is 5.97 Å². The average Bonchev–Trinajstić information content (AvgIpc) is 3.18. The van der Waals surface area contributed by atoms with E-state index in [9.17, 15) is 19.7 Å². The Hall–Kier alpha value is -3.14. The first-order valence-corrected chi connectivity index (χ1v) is 8.66. The van der Waals surface area contributed by atoms with E-state index in [1.165, 1.54) is 32.5 Å². The van der Waals surface area contributed by atoms with Gasteiger partial charge in [0, 0.05) is 10.9 Å². The number of methoxy groups -OCH3 is 2. The number of ether oxygens (including phenoxy) is 3. The topological polar surface area (TPSA) is 117 Å². The molecule has 0 aliphatic carbocycles. The molecule has 0 saturated heterocycles. The minimum atomic E-state index is -1.13. The van der Waals surface area contributed by atoms with Gasteiger partial charge in [-0.15, -0.1) is 11.3 Å². The molecule has 0 aliphatic heterocycles. The molecule has 0 fully saturated rings. The van der Waals surface area contributed by atoms with E-state index in [0.29, 0.717) is 6.54 Å². The number of hydrogen-bond donors (Lipinski definition) is 1. The molecule has 2 aromatic rings. The zero-order chi connectivity index (χ0) is 20.0. The molecule has 0 aliphatic rings. The highest BCUT2D eigenvalue weighted by atomic mass is 32.1. The quantitative estimate of drug-likeness (QED) is 0.415. The normalized spacial score (nSPS) is 11.4. The summed E-state index contributed by atoms with van der Waals surface area (Å²) in [5, 5.41) is 15.8. The van der Waals surface area contributed by atoms with Crippen LogP contribution in [0.3, 0.4) is 0 Å². The third kappa shape index (κ3) is 4.94. The summed E-state index contributed by atoms with van der Waals surface area (Å²) in [5.41, 5.74) is -0.848. The lowest BCUT2D eigenvalue weighted by Gasteiger charge is -2.14. The highest BCUT2D eigenvalue weighted by Gasteiger charge is 2.28. The predicted molar refractivity (Wildman–Crippen MR) is 97.2 cm³/mol. The second kappa shape index (κ2) is 8.99. The van der Waals surface area contributed by atoms with Gasteiger partial charge in [-0.1, -0.05) is 6.07 Å². The SMILES string of the molecule is COc1cc(C(=O)O[C@@H](C)C(=O)NCc2cccs2)c([N+](=O)[O-])cc1OC. The summed E-state index contributed by atoms with van der Waals surface area (Å²) in [6.45, 7) is 1.68. The van der Waals surface area contributed by atoms with Crippen molar-refractivity contribution in [3.8, 4) is 11.5 Å². The van der Waals surface area contributed by atoms with E-state index < -0.39 is 28.6 Å². The predicted octanol–water partition coefficient (Wildman–Crippen LogP) is 2.54. The van der Waals surface area contributed by atoms with Gasteiger partial charge in [0.05, 0.1) is 31.8 Å². The molecule has 27 heavy (non-hydrogen) atoms. The number of hydrogen-bond acceptors (Lipinski definition) is 8. The van der Waals surface area contributed by atoms with Crippen LogP contribution < -0.4 is 14.8 Å². The molecule has 0 saturated carbocycles. The number of amides is 1. The van der Waals surface area contributed by atoms with Gasteiger partial charge in [0.25, 0.3) is 11.6 Å². The van der Waals surface area contributed by atoms with Crippen LogP contribution >= 0.6 is 11.3 Å². The number of rotatable bonds is 8. The zero-order valence-electron chi connectivity index (χ0n) is 14.9. The van der Waals surface area contributed by atoms with E-state index in [1.807, 2.05) is 17.5 Å². The summed E-state index contributed by atoms with van der Waals surface area (Å²) in [5.74, 6) is -1.30. The first kappa shape index (κ1) is 20.2. The molecule has 1 amide bonds. The molecule has 1 N–H and O–H groups in total. The molecule has 10 heteroatoms. The molecular formula is C17H18N2O7S. The van der Waals surface area contributed by atoms with Crippen LogP contribution in [0.4, 0.5) is 5.69 Å². The Morgan fingerprint density at radius 3 is 2.48 bits per heavy atom. The Labute approximate surface area is 159 Å². The van der Waals surface area contributed by atoms with E-state index >= 15 is 0 Å². The molecule has 0 bridgehead atoms. The van der Waals surface area contributed by atoms with Crippen molar-refractivity contribution in [2.24, 2.45) is 0 Å². The van der Waals surface area contributed by atoms with E-state index in [1.54, 1.807) is 0 Å². The molecule has 1 aromatic carbocycles. The van der Waals surface area contributed by atoms with Crippen molar-refractivity contribution in [1.29, 1.82) is 0 Å². The van der Waals surface area contributed by atoms with Crippen LogP contribution in [-0.4, -0.2) is 37.1 Å². The van der Waals surface area contributed by atoms with Gasteiger partial charge in [-0.25, -0.2) is 4.79 Å². The summed E-state index contributed by atoms with van der Waals surface area (Å²) in [6, 6.07) is 5.92. The van der Waals surface area contributed by atoms with Crippen LogP contribution in [0.25, 0.3) is 0 Å². The van der Waals surface area contributed by atoms with Crippen LogP contribution in [-0.2, 0) is 16.1 Å². The van der Waals surface area contributed by atoms with Crippen molar-refractivity contribution < 1.29 is 28.7 Å². The third-order valence-electron chi connectivity index (χ3n) is 3.59. The monoisotopic (exact) mass is 394 g/mol. The molecule has 0 radical (unpaired) electrons. The summed E-state index contributed by atoms with van der Waals surface area (Å²) in [7, 11) is 2.65. The molecular weight excluding hydrogens is 376 g/mol. The van der Waals surface area contributed by atoms with Crippen LogP contribution in [0.2, 0.25) is 0 Å². The van der Waals surface area contributed by atoms with Gasteiger partial charge in [-0.3, -0.25) is 14.9 Å². The molecule has 1 aromatic heterocycles. The lowest BCUT2D eigenvalue weighted by Crippen LogP contribution is -2.35.